The molecule has 328 valence electrons. The number of imidazole rings is 1. The molecule has 1 aliphatic carbocycles. The fraction of sp³-hybridized carbons (Fsp3) is 0.362. The van der Waals surface area contributed by atoms with Crippen LogP contribution in [0.5, 0.6) is 0 Å². The van der Waals surface area contributed by atoms with Gasteiger partial charge in [-0.25, -0.2) is 23.1 Å². The molecule has 0 unspecified atom stereocenters. The average molecular weight is 869 g/mol. The van der Waals surface area contributed by atoms with E-state index in [2.05, 4.69) is 54.2 Å². The van der Waals surface area contributed by atoms with Crippen LogP contribution in [-0.2, 0) is 23.7 Å². The van der Waals surface area contributed by atoms with Crippen molar-refractivity contribution in [3.63, 3.8) is 0 Å². The van der Waals surface area contributed by atoms with Crippen molar-refractivity contribution in [3.05, 3.63) is 140 Å². The number of carbonyl (C=O) groups excluding carboxylic acids is 1. The standard InChI is InChI=1S/C47H46F2N10O5/c1-25-19-31(8-9-33(25)48)59-41(57-17-16-56(45(57)62)37-12-11-36-32(40(37)49)24-50-54(36)6)39-27(3)55(15-13-34(39)52-59)42(60)38-21-30-20-28(29-14-18-63-46(4,5)23-29)7-10-35(30)58(38)47(22-26(47)2)43-51-44(61)64-53-43/h7-12,16-17,19-21,24,26-27,29H,13-15,18,22-23H2,1-6H3,(H,51,53,61)/t26-,27-,29-,47-/m0/s1. The van der Waals surface area contributed by atoms with Gasteiger partial charge in [0.05, 0.1) is 45.8 Å². The minimum atomic E-state index is -0.855. The maximum absolute atomic E-state index is 16.1. The lowest BCUT2D eigenvalue weighted by Gasteiger charge is -2.35. The second-order valence-electron chi connectivity index (χ2n) is 18.3. The van der Waals surface area contributed by atoms with Gasteiger partial charge in [0, 0.05) is 55.5 Å². The van der Waals surface area contributed by atoms with Gasteiger partial charge in [-0.3, -0.25) is 28.1 Å². The lowest BCUT2D eigenvalue weighted by molar-refractivity contribution is -0.0592. The maximum Gasteiger partial charge on any atom is 0.438 e. The Labute approximate surface area is 364 Å². The Hall–Kier alpha value is -6.88. The number of benzene rings is 3. The third-order valence-corrected chi connectivity index (χ3v) is 13.9. The zero-order valence-corrected chi connectivity index (χ0v) is 36.2. The van der Waals surface area contributed by atoms with Crippen molar-refractivity contribution >= 4 is 27.7 Å². The predicted octanol–water partition coefficient (Wildman–Crippen LogP) is 7.13. The van der Waals surface area contributed by atoms with E-state index in [1.54, 1.807) is 58.7 Å². The number of rotatable bonds is 7. The molecule has 11 rings (SSSR count). The first-order chi connectivity index (χ1) is 30.6. The Morgan fingerprint density at radius 2 is 1.75 bits per heavy atom. The van der Waals surface area contributed by atoms with Gasteiger partial charge in [0.2, 0.25) is 0 Å². The van der Waals surface area contributed by atoms with Crippen molar-refractivity contribution in [2.24, 2.45) is 13.0 Å². The molecule has 7 heterocycles. The largest absolute Gasteiger partial charge is 0.438 e. The molecule has 2 aliphatic heterocycles. The van der Waals surface area contributed by atoms with Crippen LogP contribution in [0.3, 0.4) is 0 Å². The molecular formula is C47H46F2N10O5. The molecule has 5 aromatic heterocycles. The molecule has 2 fully saturated rings. The molecule has 1 saturated carbocycles. The zero-order valence-electron chi connectivity index (χ0n) is 36.2. The quantitative estimate of drug-likeness (QED) is 0.177. The first kappa shape index (κ1) is 39.9. The number of nitrogens with one attached hydrogen (secondary N) is 1. The molecule has 1 saturated heterocycles. The third-order valence-electron chi connectivity index (χ3n) is 13.9. The van der Waals surface area contributed by atoms with E-state index < -0.39 is 34.7 Å². The molecule has 0 radical (unpaired) electrons. The molecule has 4 atom stereocenters. The molecule has 0 bridgehead atoms. The second-order valence-corrected chi connectivity index (χ2v) is 18.3. The van der Waals surface area contributed by atoms with Gasteiger partial charge in [0.15, 0.2) is 11.6 Å². The van der Waals surface area contributed by atoms with Crippen molar-refractivity contribution in [2.45, 2.75) is 83.4 Å². The van der Waals surface area contributed by atoms with Gasteiger partial charge in [-0.2, -0.15) is 10.2 Å². The number of hydrogen-bond donors (Lipinski definition) is 1. The number of ether oxygens (including phenoxy) is 1. The normalized spacial score (nSPS) is 21.8. The van der Waals surface area contributed by atoms with Crippen molar-refractivity contribution in [2.75, 3.05) is 13.2 Å². The van der Waals surface area contributed by atoms with E-state index in [4.69, 9.17) is 14.4 Å². The smallest absolute Gasteiger partial charge is 0.376 e. The first-order valence-electron chi connectivity index (χ1n) is 21.6. The highest BCUT2D eigenvalue weighted by Gasteiger charge is 2.59. The highest BCUT2D eigenvalue weighted by Crippen LogP contribution is 2.56. The molecule has 1 amide bonds. The Bertz CT molecular complexity index is 3350. The van der Waals surface area contributed by atoms with Crippen molar-refractivity contribution < 1.29 is 22.8 Å². The topological polar surface area (TPSA) is 156 Å². The molecule has 17 heteroatoms. The van der Waals surface area contributed by atoms with Crippen LogP contribution < -0.4 is 11.4 Å². The number of aromatic amines is 1. The van der Waals surface area contributed by atoms with Gasteiger partial charge in [-0.05, 0) is 118 Å². The van der Waals surface area contributed by atoms with Crippen LogP contribution in [-0.4, -0.2) is 73.0 Å². The van der Waals surface area contributed by atoms with Gasteiger partial charge in [-0.1, -0.05) is 18.1 Å². The number of fused-ring (bicyclic) bond motifs is 3. The van der Waals surface area contributed by atoms with Crippen molar-refractivity contribution in [1.29, 1.82) is 0 Å². The summed E-state index contributed by atoms with van der Waals surface area (Å²) in [6, 6.07) is 15.5. The summed E-state index contributed by atoms with van der Waals surface area (Å²) in [6.45, 7) is 10.8. The molecule has 64 heavy (non-hydrogen) atoms. The number of halogens is 2. The SMILES string of the molecule is Cc1cc(-n2nc3c(c2-n2ccn(-c4ccc5c(cnn5C)c4F)c2=O)[C@H](C)N(C(=O)c2cc4cc([C@H]5CCOC(C)(C)C5)ccc4n2[C@@]2(c4noc(=O)[nH]4)C[C@@H]2C)CC3)ccc1F. The molecule has 1 N–H and O–H groups in total. The average Bonchev–Trinajstić information content (AvgIpc) is 3.89. The van der Waals surface area contributed by atoms with E-state index in [0.29, 0.717) is 71.4 Å². The van der Waals surface area contributed by atoms with Crippen LogP contribution in [0.2, 0.25) is 0 Å². The van der Waals surface area contributed by atoms with E-state index in [0.717, 1.165) is 29.3 Å². The molecule has 8 aromatic rings. The highest BCUT2D eigenvalue weighted by atomic mass is 19.1. The van der Waals surface area contributed by atoms with Gasteiger partial charge < -0.3 is 14.2 Å². The fourth-order valence-corrected chi connectivity index (χ4v) is 10.5. The summed E-state index contributed by atoms with van der Waals surface area (Å²) in [6.07, 6.45) is 7.16. The summed E-state index contributed by atoms with van der Waals surface area (Å²) in [7, 11) is 1.72. The minimum Gasteiger partial charge on any atom is -0.376 e. The Kier molecular flexibility index (Phi) is 8.77. The Balaban J connectivity index is 1.05. The van der Waals surface area contributed by atoms with Crippen molar-refractivity contribution in [1.82, 2.24) is 48.3 Å². The number of hydrogen-bond acceptors (Lipinski definition) is 8. The van der Waals surface area contributed by atoms with Crippen molar-refractivity contribution in [3.8, 4) is 17.2 Å². The van der Waals surface area contributed by atoms with Gasteiger partial charge in [-0.15, -0.1) is 0 Å². The summed E-state index contributed by atoms with van der Waals surface area (Å²) in [5.74, 6) is -0.975. The van der Waals surface area contributed by atoms with E-state index in [1.165, 1.54) is 27.6 Å². The highest BCUT2D eigenvalue weighted by molar-refractivity contribution is 6.00. The fourth-order valence-electron chi connectivity index (χ4n) is 10.5. The van der Waals surface area contributed by atoms with E-state index in [9.17, 15) is 14.0 Å². The summed E-state index contributed by atoms with van der Waals surface area (Å²) >= 11 is 0. The number of H-pyrrole nitrogens is 1. The number of carbonyl (C=O) groups is 1. The van der Waals surface area contributed by atoms with E-state index >= 15 is 9.18 Å². The van der Waals surface area contributed by atoms with Crippen LogP contribution in [0.1, 0.15) is 97.6 Å². The molecular weight excluding hydrogens is 823 g/mol. The van der Waals surface area contributed by atoms with Crippen LogP contribution in [0.15, 0.2) is 87.3 Å². The molecule has 0 spiro atoms. The molecule has 15 nitrogen and oxygen atoms in total. The number of nitrogens with zero attached hydrogens (tertiary/aromatic N) is 9. The van der Waals surface area contributed by atoms with Crippen LogP contribution >= 0.6 is 0 Å². The van der Waals surface area contributed by atoms with Gasteiger partial charge >= 0.3 is 11.4 Å². The van der Waals surface area contributed by atoms with Gasteiger partial charge in [0.25, 0.3) is 5.91 Å². The molecule has 3 aromatic carbocycles. The minimum absolute atomic E-state index is 0.000339. The lowest BCUT2D eigenvalue weighted by Crippen LogP contribution is -2.41. The van der Waals surface area contributed by atoms with Crippen LogP contribution in [0.4, 0.5) is 8.78 Å². The van der Waals surface area contributed by atoms with E-state index in [-0.39, 0.29) is 34.4 Å². The third kappa shape index (κ3) is 5.92. The maximum atomic E-state index is 16.1. The molecule has 3 aliphatic rings. The van der Waals surface area contributed by atoms with Crippen LogP contribution in [0.25, 0.3) is 39.0 Å². The monoisotopic (exact) mass is 868 g/mol. The summed E-state index contributed by atoms with van der Waals surface area (Å²) in [4.78, 5) is 47.1. The Morgan fingerprint density at radius 1 is 0.969 bits per heavy atom. The second kappa shape index (κ2) is 14.1. The van der Waals surface area contributed by atoms with Crippen LogP contribution in [0, 0.1) is 24.5 Å². The Morgan fingerprint density at radius 3 is 2.48 bits per heavy atom. The first-order valence-corrected chi connectivity index (χ1v) is 21.6. The predicted molar refractivity (Wildman–Crippen MR) is 232 cm³/mol. The van der Waals surface area contributed by atoms with Gasteiger partial charge in [0.1, 0.15) is 22.9 Å². The van der Waals surface area contributed by atoms with E-state index in [1.807, 2.05) is 17.6 Å². The zero-order chi connectivity index (χ0) is 44.6. The number of aryl methyl sites for hydroxylation is 2. The summed E-state index contributed by atoms with van der Waals surface area (Å²) in [5.41, 5.74) is 3.48. The number of aromatic nitrogens is 9. The number of amides is 1. The summed E-state index contributed by atoms with van der Waals surface area (Å²) < 4.78 is 49.7. The summed E-state index contributed by atoms with van der Waals surface area (Å²) in [5, 5.41) is 14.5. The lowest BCUT2D eigenvalue weighted by atomic mass is 9.83.